The summed E-state index contributed by atoms with van der Waals surface area (Å²) >= 11 is 12.3. The zero-order chi connectivity index (χ0) is 26.0. The second kappa shape index (κ2) is 10.1. The summed E-state index contributed by atoms with van der Waals surface area (Å²) in [7, 11) is 0. The number of imidazole rings is 1. The molecule has 0 amide bonds. The molecular weight excluding hydrogens is 515 g/mol. The van der Waals surface area contributed by atoms with Crippen molar-refractivity contribution in [2.45, 2.75) is 18.7 Å². The molecule has 37 heavy (non-hydrogen) atoms. The van der Waals surface area contributed by atoms with E-state index in [1.807, 2.05) is 42.5 Å². The van der Waals surface area contributed by atoms with Crippen molar-refractivity contribution in [3.63, 3.8) is 0 Å². The number of aliphatic hydroxyl groups is 1. The summed E-state index contributed by atoms with van der Waals surface area (Å²) in [5.74, 6) is -0.330. The summed E-state index contributed by atoms with van der Waals surface area (Å²) in [6.07, 6.45) is 2.56. The third kappa shape index (κ3) is 5.10. The van der Waals surface area contributed by atoms with E-state index in [1.54, 1.807) is 41.1 Å². The average molecular weight is 535 g/mol. The monoisotopic (exact) mass is 534 g/mol. The molecule has 2 heterocycles. The Morgan fingerprint density at radius 1 is 0.946 bits per heavy atom. The molecule has 5 aromatic rings. The van der Waals surface area contributed by atoms with Gasteiger partial charge in [0, 0.05) is 15.6 Å². The predicted molar refractivity (Wildman–Crippen MR) is 139 cm³/mol. The Labute approximate surface area is 221 Å². The summed E-state index contributed by atoms with van der Waals surface area (Å²) in [6.45, 7) is 0.291. The Kier molecular flexibility index (Phi) is 6.75. The van der Waals surface area contributed by atoms with Crippen LogP contribution in [-0.4, -0.2) is 34.6 Å². The van der Waals surface area contributed by atoms with Crippen molar-refractivity contribution in [1.29, 1.82) is 0 Å². The van der Waals surface area contributed by atoms with Crippen LogP contribution < -0.4 is 0 Å². The fourth-order valence-corrected chi connectivity index (χ4v) is 4.43. The van der Waals surface area contributed by atoms with Gasteiger partial charge in [-0.2, -0.15) is 0 Å². The topological polar surface area (TPSA) is 112 Å². The van der Waals surface area contributed by atoms with Crippen molar-refractivity contribution < 1.29 is 10.0 Å². The highest BCUT2D eigenvalue weighted by Gasteiger charge is 2.39. The van der Waals surface area contributed by atoms with E-state index < -0.39 is 10.5 Å². The maximum absolute atomic E-state index is 12.3. The largest absolute Gasteiger partial charge is 0.381 e. The molecule has 0 radical (unpaired) electrons. The SMILES string of the molecule is O=[N+]([O-])c1cn(CC(O)(c2ccc(Cl)cc2)c2nnn(Cc3ccccc3)c2-c2ccc(Cl)cc2)cn1. The van der Waals surface area contributed by atoms with E-state index >= 15 is 0 Å². The first-order chi connectivity index (χ1) is 17.8. The molecule has 1 atom stereocenters. The quantitative estimate of drug-likeness (QED) is 0.212. The minimum absolute atomic E-state index is 0.111. The van der Waals surface area contributed by atoms with Gasteiger partial charge in [0.25, 0.3) is 0 Å². The highest BCUT2D eigenvalue weighted by atomic mass is 35.5. The van der Waals surface area contributed by atoms with E-state index in [4.69, 9.17) is 23.2 Å². The minimum Gasteiger partial charge on any atom is -0.377 e. The Hall–Kier alpha value is -4.05. The molecular formula is C26H20Cl2N6O3. The molecule has 0 aliphatic rings. The maximum Gasteiger partial charge on any atom is 0.381 e. The standard InChI is InChI=1S/C26H20Cl2N6O3/c27-21-10-6-19(7-11-21)24-25(30-31-33(24)14-18-4-2-1-3-5-18)26(35,20-8-12-22(28)13-9-20)16-32-15-23(29-17-32)34(36)37/h1-13,15,17,35H,14,16H2. The molecule has 3 aromatic carbocycles. The Morgan fingerprint density at radius 2 is 1.59 bits per heavy atom. The normalized spacial score (nSPS) is 12.8. The van der Waals surface area contributed by atoms with Crippen LogP contribution in [0.2, 0.25) is 10.0 Å². The second-order valence-corrected chi connectivity index (χ2v) is 9.34. The zero-order valence-corrected chi connectivity index (χ0v) is 20.8. The van der Waals surface area contributed by atoms with Crippen LogP contribution in [0.4, 0.5) is 5.82 Å². The van der Waals surface area contributed by atoms with Crippen LogP contribution in [0.5, 0.6) is 0 Å². The summed E-state index contributed by atoms with van der Waals surface area (Å²) in [5.41, 5.74) is 1.31. The number of hydrogen-bond donors (Lipinski definition) is 1. The van der Waals surface area contributed by atoms with Gasteiger partial charge in [-0.1, -0.05) is 83.0 Å². The van der Waals surface area contributed by atoms with Crippen molar-refractivity contribution in [3.8, 4) is 11.3 Å². The predicted octanol–water partition coefficient (Wildman–Crippen LogP) is 5.34. The lowest BCUT2D eigenvalue weighted by atomic mass is 9.87. The van der Waals surface area contributed by atoms with Gasteiger partial charge in [-0.05, 0) is 45.3 Å². The van der Waals surface area contributed by atoms with Crippen LogP contribution in [0.15, 0.2) is 91.4 Å². The van der Waals surface area contributed by atoms with E-state index in [0.717, 1.165) is 11.1 Å². The molecule has 2 aromatic heterocycles. The smallest absolute Gasteiger partial charge is 0.377 e. The first-order valence-electron chi connectivity index (χ1n) is 11.2. The number of rotatable bonds is 8. The molecule has 1 N–H and O–H groups in total. The molecule has 1 unspecified atom stereocenters. The van der Waals surface area contributed by atoms with Gasteiger partial charge in [0.15, 0.2) is 5.60 Å². The van der Waals surface area contributed by atoms with E-state index in [9.17, 15) is 15.2 Å². The van der Waals surface area contributed by atoms with Crippen LogP contribution in [0, 0.1) is 10.1 Å². The van der Waals surface area contributed by atoms with Gasteiger partial charge in [0.1, 0.15) is 11.9 Å². The first-order valence-corrected chi connectivity index (χ1v) is 12.0. The average Bonchev–Trinajstić information content (AvgIpc) is 3.53. The van der Waals surface area contributed by atoms with Gasteiger partial charge in [-0.3, -0.25) is 0 Å². The van der Waals surface area contributed by atoms with Crippen LogP contribution in [0.25, 0.3) is 11.3 Å². The van der Waals surface area contributed by atoms with E-state index in [0.29, 0.717) is 27.8 Å². The Balaban J connectivity index is 1.69. The first kappa shape index (κ1) is 24.6. The van der Waals surface area contributed by atoms with Crippen LogP contribution in [0.1, 0.15) is 16.8 Å². The molecule has 0 fully saturated rings. The molecule has 11 heteroatoms. The molecule has 186 valence electrons. The third-order valence-electron chi connectivity index (χ3n) is 5.96. The number of hydrogen-bond acceptors (Lipinski definition) is 6. The summed E-state index contributed by atoms with van der Waals surface area (Å²) < 4.78 is 3.17. The van der Waals surface area contributed by atoms with Crippen molar-refractivity contribution in [3.05, 3.63) is 128 Å². The van der Waals surface area contributed by atoms with Gasteiger partial charge in [-0.25, -0.2) is 4.68 Å². The van der Waals surface area contributed by atoms with Gasteiger partial charge < -0.3 is 19.8 Å². The van der Waals surface area contributed by atoms with Crippen LogP contribution in [-0.2, 0) is 18.7 Å². The van der Waals surface area contributed by atoms with E-state index in [1.165, 1.54) is 17.1 Å². The lowest BCUT2D eigenvalue weighted by Gasteiger charge is -2.28. The molecule has 9 nitrogen and oxygen atoms in total. The maximum atomic E-state index is 12.3. The van der Waals surface area contributed by atoms with Gasteiger partial charge in [-0.15, -0.1) is 5.10 Å². The molecule has 5 rings (SSSR count). The molecule has 0 spiro atoms. The van der Waals surface area contributed by atoms with Crippen molar-refractivity contribution in [2.75, 3.05) is 0 Å². The van der Waals surface area contributed by atoms with E-state index in [2.05, 4.69) is 15.3 Å². The minimum atomic E-state index is -1.75. The fourth-order valence-electron chi connectivity index (χ4n) is 4.17. The lowest BCUT2D eigenvalue weighted by Crippen LogP contribution is -2.34. The van der Waals surface area contributed by atoms with Crippen molar-refractivity contribution >= 4 is 29.0 Å². The Bertz CT molecular complexity index is 1540. The van der Waals surface area contributed by atoms with Crippen LogP contribution >= 0.6 is 23.2 Å². The molecule has 0 bridgehead atoms. The van der Waals surface area contributed by atoms with Gasteiger partial charge in [0.2, 0.25) is 6.33 Å². The number of aromatic nitrogens is 5. The number of nitro groups is 1. The highest BCUT2D eigenvalue weighted by Crippen LogP contribution is 2.38. The molecule has 0 aliphatic carbocycles. The van der Waals surface area contributed by atoms with Crippen molar-refractivity contribution in [2.24, 2.45) is 0 Å². The van der Waals surface area contributed by atoms with Crippen molar-refractivity contribution in [1.82, 2.24) is 24.5 Å². The fraction of sp³-hybridized carbons (Fsp3) is 0.115. The van der Waals surface area contributed by atoms with Gasteiger partial charge >= 0.3 is 5.82 Å². The van der Waals surface area contributed by atoms with E-state index in [-0.39, 0.29) is 18.1 Å². The zero-order valence-electron chi connectivity index (χ0n) is 19.3. The third-order valence-corrected chi connectivity index (χ3v) is 6.46. The summed E-state index contributed by atoms with van der Waals surface area (Å²) in [4.78, 5) is 14.5. The molecule has 0 saturated heterocycles. The summed E-state index contributed by atoms with van der Waals surface area (Å²) in [5, 5.41) is 33.5. The lowest BCUT2D eigenvalue weighted by molar-refractivity contribution is -0.389. The molecule has 0 aliphatic heterocycles. The second-order valence-electron chi connectivity index (χ2n) is 8.47. The van der Waals surface area contributed by atoms with Gasteiger partial charge in [0.05, 0.1) is 18.8 Å². The number of benzene rings is 3. The summed E-state index contributed by atoms with van der Waals surface area (Å²) in [6, 6.07) is 23.6. The number of halogens is 2. The molecule has 0 saturated carbocycles. The Morgan fingerprint density at radius 3 is 2.22 bits per heavy atom. The highest BCUT2D eigenvalue weighted by molar-refractivity contribution is 6.30. The van der Waals surface area contributed by atoms with Crippen LogP contribution in [0.3, 0.4) is 0 Å². The number of nitrogens with zero attached hydrogens (tertiary/aromatic N) is 6.